The first kappa shape index (κ1) is 6.54. The highest BCUT2D eigenvalue weighted by Gasteiger charge is 1.95. The molecule has 0 aliphatic rings. The molecule has 2 N–H and O–H groups in total. The molecule has 0 spiro atoms. The molecule has 0 aromatic rings. The van der Waals surface area contributed by atoms with E-state index in [4.69, 9.17) is 10.0 Å². The maximum atomic E-state index is 8.07. The van der Waals surface area contributed by atoms with Gasteiger partial charge in [0.2, 0.25) is 0 Å². The molecule has 0 aliphatic carbocycles. The highest BCUT2D eigenvalue weighted by atomic mass is 16.4. The van der Waals surface area contributed by atoms with E-state index in [0.29, 0.717) is 6.42 Å². The fourth-order valence-corrected chi connectivity index (χ4v) is 0.193. The third kappa shape index (κ3) is 5.54. The lowest BCUT2D eigenvalue weighted by Gasteiger charge is -1.75. The van der Waals surface area contributed by atoms with Crippen molar-refractivity contribution in [3.63, 3.8) is 0 Å². The third-order valence-corrected chi connectivity index (χ3v) is 0.408. The third-order valence-electron chi connectivity index (χ3n) is 0.408. The van der Waals surface area contributed by atoms with Crippen LogP contribution in [-0.4, -0.2) is 17.2 Å². The molecule has 7 heavy (non-hydrogen) atoms. The fraction of sp³-hybridized carbons (Fsp3) is 0.500. The quantitative estimate of drug-likeness (QED) is 0.314. The summed E-state index contributed by atoms with van der Waals surface area (Å²) in [6.45, 7) is 1.84. The SMILES string of the molecule is CCC#CB(O)O. The van der Waals surface area contributed by atoms with Crippen molar-refractivity contribution >= 4 is 7.12 Å². The Bertz CT molecular complexity index is 89.6. The maximum absolute atomic E-state index is 8.07. The van der Waals surface area contributed by atoms with Crippen LogP contribution in [0.1, 0.15) is 13.3 Å². The molecule has 0 unspecified atom stereocenters. The van der Waals surface area contributed by atoms with E-state index in [1.54, 1.807) is 0 Å². The lowest BCUT2D eigenvalue weighted by atomic mass is 9.94. The van der Waals surface area contributed by atoms with Crippen molar-refractivity contribution in [3.05, 3.63) is 0 Å². The van der Waals surface area contributed by atoms with E-state index < -0.39 is 7.12 Å². The van der Waals surface area contributed by atoms with Gasteiger partial charge in [0.15, 0.2) is 0 Å². The molecule has 0 rings (SSSR count). The number of hydrogen-bond acceptors (Lipinski definition) is 2. The average Bonchev–Trinajstić information content (AvgIpc) is 1.61. The molecule has 0 saturated carbocycles. The van der Waals surface area contributed by atoms with Crippen molar-refractivity contribution in [1.82, 2.24) is 0 Å². The molecule has 0 saturated heterocycles. The predicted octanol–water partition coefficient (Wildman–Crippen LogP) is -0.588. The Balaban J connectivity index is 3.24. The van der Waals surface area contributed by atoms with Crippen molar-refractivity contribution in [1.29, 1.82) is 0 Å². The van der Waals surface area contributed by atoms with Gasteiger partial charge in [0.25, 0.3) is 0 Å². The van der Waals surface area contributed by atoms with Gasteiger partial charge in [-0.15, -0.1) is 5.92 Å². The highest BCUT2D eigenvalue weighted by molar-refractivity contribution is 6.51. The van der Waals surface area contributed by atoms with E-state index in [9.17, 15) is 0 Å². The van der Waals surface area contributed by atoms with E-state index in [1.807, 2.05) is 6.92 Å². The van der Waals surface area contributed by atoms with Crippen molar-refractivity contribution in [2.45, 2.75) is 13.3 Å². The zero-order valence-corrected chi connectivity index (χ0v) is 4.18. The second-order valence-electron chi connectivity index (χ2n) is 1.05. The van der Waals surface area contributed by atoms with Crippen molar-refractivity contribution in [3.8, 4) is 11.7 Å². The molecule has 0 amide bonds. The number of hydrogen-bond donors (Lipinski definition) is 2. The van der Waals surface area contributed by atoms with Gasteiger partial charge in [-0.05, 0) is 0 Å². The molecule has 3 heteroatoms. The highest BCUT2D eigenvalue weighted by Crippen LogP contribution is 1.66. The summed E-state index contributed by atoms with van der Waals surface area (Å²) in [7, 11) is -1.46. The minimum absolute atomic E-state index is 0.664. The van der Waals surface area contributed by atoms with Crippen LogP contribution in [0.25, 0.3) is 0 Å². The van der Waals surface area contributed by atoms with Gasteiger partial charge in [-0.1, -0.05) is 12.7 Å². The summed E-state index contributed by atoms with van der Waals surface area (Å²) in [5.41, 5.74) is 0. The van der Waals surface area contributed by atoms with Gasteiger partial charge in [0.05, 0.1) is 0 Å². The average molecular weight is 97.9 g/mol. The smallest absolute Gasteiger partial charge is 0.416 e. The van der Waals surface area contributed by atoms with Gasteiger partial charge in [-0.3, -0.25) is 0 Å². The van der Waals surface area contributed by atoms with E-state index in [-0.39, 0.29) is 0 Å². The van der Waals surface area contributed by atoms with E-state index in [1.165, 1.54) is 0 Å². The maximum Gasteiger partial charge on any atom is 0.544 e. The second-order valence-corrected chi connectivity index (χ2v) is 1.05. The molecular formula is C4H7BO2. The first-order chi connectivity index (χ1) is 3.27. The summed E-state index contributed by atoms with van der Waals surface area (Å²) in [5, 5.41) is 16.1. The lowest BCUT2D eigenvalue weighted by molar-refractivity contribution is 0.427. The molecule has 0 aromatic carbocycles. The van der Waals surface area contributed by atoms with E-state index in [2.05, 4.69) is 11.7 Å². The Morgan fingerprint density at radius 1 is 1.57 bits per heavy atom. The van der Waals surface area contributed by atoms with Crippen LogP contribution in [0, 0.1) is 11.7 Å². The zero-order valence-electron chi connectivity index (χ0n) is 4.18. The van der Waals surface area contributed by atoms with Crippen molar-refractivity contribution in [2.24, 2.45) is 0 Å². The minimum Gasteiger partial charge on any atom is -0.416 e. The standard InChI is InChI=1S/C4H7BO2/c1-2-3-4-5(6)7/h6-7H,2H2,1H3. The van der Waals surface area contributed by atoms with Gasteiger partial charge >= 0.3 is 7.12 Å². The molecule has 38 valence electrons. The van der Waals surface area contributed by atoms with E-state index in [0.717, 1.165) is 0 Å². The molecule has 0 aliphatic heterocycles. The summed E-state index contributed by atoms with van der Waals surface area (Å²) >= 11 is 0. The molecule has 0 fully saturated rings. The Morgan fingerprint density at radius 2 is 2.14 bits per heavy atom. The molecule has 0 atom stereocenters. The van der Waals surface area contributed by atoms with Gasteiger partial charge in [-0.2, -0.15) is 0 Å². The topological polar surface area (TPSA) is 40.5 Å². The second kappa shape index (κ2) is 3.73. The van der Waals surface area contributed by atoms with Crippen LogP contribution in [0.4, 0.5) is 0 Å². The van der Waals surface area contributed by atoms with Crippen molar-refractivity contribution in [2.75, 3.05) is 0 Å². The van der Waals surface area contributed by atoms with Crippen LogP contribution in [-0.2, 0) is 0 Å². The Morgan fingerprint density at radius 3 is 2.29 bits per heavy atom. The summed E-state index contributed by atoms with van der Waals surface area (Å²) in [4.78, 5) is 0. The molecule has 2 nitrogen and oxygen atoms in total. The zero-order chi connectivity index (χ0) is 5.70. The van der Waals surface area contributed by atoms with Crippen molar-refractivity contribution < 1.29 is 10.0 Å². The van der Waals surface area contributed by atoms with Gasteiger partial charge in [0.1, 0.15) is 0 Å². The molecule has 0 bridgehead atoms. The largest absolute Gasteiger partial charge is 0.544 e. The lowest BCUT2D eigenvalue weighted by Crippen LogP contribution is -2.06. The van der Waals surface area contributed by atoms with Crippen LogP contribution >= 0.6 is 0 Å². The number of rotatable bonds is 0. The van der Waals surface area contributed by atoms with Crippen LogP contribution in [0.2, 0.25) is 0 Å². The molecule has 0 radical (unpaired) electrons. The van der Waals surface area contributed by atoms with Crippen LogP contribution in [0.5, 0.6) is 0 Å². The van der Waals surface area contributed by atoms with Crippen LogP contribution in [0.15, 0.2) is 0 Å². The Hall–Kier alpha value is -0.455. The molecular weight excluding hydrogens is 90.9 g/mol. The summed E-state index contributed by atoms with van der Waals surface area (Å²) in [6, 6.07) is 0. The molecule has 0 heterocycles. The molecule has 0 aromatic heterocycles. The summed E-state index contributed by atoms with van der Waals surface area (Å²) < 4.78 is 0. The Labute approximate surface area is 43.3 Å². The van der Waals surface area contributed by atoms with Crippen LogP contribution < -0.4 is 0 Å². The summed E-state index contributed by atoms with van der Waals surface area (Å²) in [6.07, 6.45) is 0.664. The van der Waals surface area contributed by atoms with Crippen LogP contribution in [0.3, 0.4) is 0 Å². The summed E-state index contributed by atoms with van der Waals surface area (Å²) in [5.74, 6) is 4.65. The fourth-order valence-electron chi connectivity index (χ4n) is 0.193. The van der Waals surface area contributed by atoms with Gasteiger partial charge in [0, 0.05) is 6.42 Å². The van der Waals surface area contributed by atoms with E-state index >= 15 is 0 Å². The normalized spacial score (nSPS) is 6.71. The monoisotopic (exact) mass is 98.1 g/mol. The first-order valence-corrected chi connectivity index (χ1v) is 2.12. The first-order valence-electron chi connectivity index (χ1n) is 2.12. The predicted molar refractivity (Wildman–Crippen MR) is 28.3 cm³/mol. The minimum atomic E-state index is -1.46. The van der Waals surface area contributed by atoms with Gasteiger partial charge in [-0.25, -0.2) is 0 Å². The van der Waals surface area contributed by atoms with Gasteiger partial charge < -0.3 is 10.0 Å². The Kier molecular flexibility index (Phi) is 3.48.